The Morgan fingerprint density at radius 1 is 1.00 bits per heavy atom. The number of amides is 1. The summed E-state index contributed by atoms with van der Waals surface area (Å²) in [6.45, 7) is -1.69. The number of aromatic amines is 2. The molecule has 2 aromatic heterocycles. The number of fused-ring (bicyclic) bond motifs is 1. The van der Waals surface area contributed by atoms with E-state index in [1.165, 1.54) is 0 Å². The minimum atomic E-state index is -1.86. The molecule has 12 N–H and O–H groups in total. The second-order valence-corrected chi connectivity index (χ2v) is 9.29. The summed E-state index contributed by atoms with van der Waals surface area (Å²) in [6, 6.07) is 5.30. The molecular formula is C26H35K2N5O12. The number of carbonyl (C=O) groups is 4. The number of nitrogens with zero attached hydrogens (tertiary/aromatic N) is 1. The Hall–Kier alpha value is -1.41. The van der Waals surface area contributed by atoms with E-state index in [2.05, 4.69) is 20.3 Å². The largest absolute Gasteiger partial charge is 1.00 e. The van der Waals surface area contributed by atoms with E-state index in [9.17, 15) is 24.0 Å². The first-order valence-electron chi connectivity index (χ1n) is 12.8. The van der Waals surface area contributed by atoms with Gasteiger partial charge in [0.25, 0.3) is 11.5 Å². The number of anilines is 1. The average Bonchev–Trinajstić information content (AvgIpc) is 3.39. The van der Waals surface area contributed by atoms with Gasteiger partial charge in [-0.1, -0.05) is 12.1 Å². The number of Topliss-reactive ketones (excluding diaryl/α,β-unsaturated/α-hetero) is 1. The number of aliphatic carboxylic acids is 2. The average molecular weight is 688 g/mol. The number of hydrogen-bond acceptors (Lipinski definition) is 12. The number of nitrogens with two attached hydrogens (primary N) is 1. The summed E-state index contributed by atoms with van der Waals surface area (Å²) in [5.74, 6) is -4.00. The van der Waals surface area contributed by atoms with Crippen molar-refractivity contribution < 1.29 is 161 Å². The summed E-state index contributed by atoms with van der Waals surface area (Å²) >= 11 is 0. The number of benzene rings is 1. The molecule has 17 nitrogen and oxygen atoms in total. The van der Waals surface area contributed by atoms with Crippen molar-refractivity contribution in [2.45, 2.75) is 50.0 Å². The molecule has 45 heavy (non-hydrogen) atoms. The third-order valence-electron chi connectivity index (χ3n) is 6.18. The normalized spacial score (nSPS) is 13.1. The number of aromatic nitrogens is 3. The number of ketones is 1. The third kappa shape index (κ3) is 13.7. The zero-order valence-corrected chi connectivity index (χ0v) is 30.9. The van der Waals surface area contributed by atoms with Crippen molar-refractivity contribution in [3.05, 3.63) is 57.5 Å². The molecule has 4 atom stereocenters. The van der Waals surface area contributed by atoms with Crippen molar-refractivity contribution in [2.24, 2.45) is 0 Å². The van der Waals surface area contributed by atoms with E-state index in [0.717, 1.165) is 11.1 Å². The molecule has 19 heteroatoms. The van der Waals surface area contributed by atoms with Crippen LogP contribution < -0.4 is 119 Å². The Kier molecular flexibility index (Phi) is 20.8. The Bertz CT molecular complexity index is 1490. The molecule has 0 aliphatic heterocycles. The van der Waals surface area contributed by atoms with Crippen LogP contribution in [0.5, 0.6) is 0 Å². The molecule has 2 heterocycles. The van der Waals surface area contributed by atoms with Gasteiger partial charge in [0.15, 0.2) is 5.78 Å². The summed E-state index contributed by atoms with van der Waals surface area (Å²) in [5, 5.41) is 63.7. The number of aliphatic hydroxyl groups excluding tert-OH is 5. The summed E-state index contributed by atoms with van der Waals surface area (Å²) in [7, 11) is 0. The smallest absolute Gasteiger partial charge is 1.00 e. The van der Waals surface area contributed by atoms with Crippen molar-refractivity contribution >= 4 is 40.6 Å². The van der Waals surface area contributed by atoms with Gasteiger partial charge in [-0.05, 0) is 42.5 Å². The zero-order valence-electron chi connectivity index (χ0n) is 26.6. The number of aryl methyl sites for hydroxylation is 2. The van der Waals surface area contributed by atoms with Crippen molar-refractivity contribution in [3.8, 4) is 0 Å². The summed E-state index contributed by atoms with van der Waals surface area (Å²) in [4.78, 5) is 66.2. The summed E-state index contributed by atoms with van der Waals surface area (Å²) < 4.78 is 0. The Balaban J connectivity index is -0.00000105. The van der Waals surface area contributed by atoms with Crippen molar-refractivity contribution in [2.75, 3.05) is 18.9 Å². The maximum absolute atomic E-state index is 12.3. The van der Waals surface area contributed by atoms with Gasteiger partial charge in [-0.15, -0.1) is 0 Å². The first-order chi connectivity index (χ1) is 20.3. The van der Waals surface area contributed by atoms with E-state index < -0.39 is 61.2 Å². The predicted octanol–water partition coefficient (Wildman–Crippen LogP) is -8.48. The van der Waals surface area contributed by atoms with Crippen LogP contribution in [-0.2, 0) is 27.2 Å². The Morgan fingerprint density at radius 3 is 2.16 bits per heavy atom. The minimum Gasteiger partial charge on any atom is -1.00 e. The van der Waals surface area contributed by atoms with Crippen LogP contribution in [0.25, 0.3) is 11.0 Å². The van der Waals surface area contributed by atoms with Crippen LogP contribution in [0, 0.1) is 0 Å². The van der Waals surface area contributed by atoms with Gasteiger partial charge in [0, 0.05) is 18.2 Å². The van der Waals surface area contributed by atoms with Gasteiger partial charge in [-0.3, -0.25) is 24.2 Å². The van der Waals surface area contributed by atoms with Crippen LogP contribution >= 0.6 is 0 Å². The minimum absolute atomic E-state index is 0. The molecule has 0 fully saturated rings. The first kappa shape index (κ1) is 43.6. The van der Waals surface area contributed by atoms with E-state index in [0.29, 0.717) is 23.9 Å². The van der Waals surface area contributed by atoms with E-state index in [1.807, 2.05) is 0 Å². The second-order valence-electron chi connectivity index (χ2n) is 9.29. The molecule has 0 radical (unpaired) electrons. The van der Waals surface area contributed by atoms with Gasteiger partial charge in [0.05, 0.1) is 12.0 Å². The van der Waals surface area contributed by atoms with E-state index in [1.54, 1.807) is 30.5 Å². The van der Waals surface area contributed by atoms with Crippen LogP contribution in [0.3, 0.4) is 0 Å². The van der Waals surface area contributed by atoms with Crippen LogP contribution in [0.4, 0.5) is 5.95 Å². The number of nitrogen functional groups attached to an aromatic ring is 1. The van der Waals surface area contributed by atoms with Crippen molar-refractivity contribution in [1.29, 1.82) is 0 Å². The maximum atomic E-state index is 12.3. The fourth-order valence-electron chi connectivity index (χ4n) is 3.79. The molecule has 3 rings (SSSR count). The van der Waals surface area contributed by atoms with Gasteiger partial charge in [0.2, 0.25) is 5.95 Å². The predicted molar refractivity (Wildman–Crippen MR) is 150 cm³/mol. The number of carboxylic acids is 2. The van der Waals surface area contributed by atoms with Crippen molar-refractivity contribution in [3.63, 3.8) is 0 Å². The maximum Gasteiger partial charge on any atom is 1.00 e. The molecular weight excluding hydrogens is 653 g/mol. The molecule has 238 valence electrons. The quantitative estimate of drug-likeness (QED) is 0.0702. The number of H-pyrrole nitrogens is 2. The van der Waals surface area contributed by atoms with E-state index >= 15 is 0 Å². The van der Waals surface area contributed by atoms with Gasteiger partial charge < -0.3 is 54.6 Å². The monoisotopic (exact) mass is 687 g/mol. The number of carboxylic acid groups (broad SMARTS) is 2. The molecule has 3 aromatic rings. The van der Waals surface area contributed by atoms with E-state index in [4.69, 9.17) is 41.5 Å². The number of rotatable bonds is 14. The van der Waals surface area contributed by atoms with E-state index in [-0.39, 0.29) is 136 Å². The number of hydrogen-bond donors (Lipinski definition) is 11. The molecule has 0 unspecified atom stereocenters. The number of carbonyl (C=O) groups excluding carboxylic acids is 2. The molecule has 1 aromatic carbocycles. The Labute approximate surface area is 343 Å². The SMILES string of the molecule is Nc1nc2[nH]cc(CCc3ccc(C(=O)N[C@@H](CCC(=O)O)C(=O)O)cc3)c2c(=O)[nH]1.O=C(CO)[C@@H](O)[C@H](O)[C@H](O)CO.[H-].[H-].[K+].[K+]. The summed E-state index contributed by atoms with van der Waals surface area (Å²) in [5.41, 5.74) is 7.59. The van der Waals surface area contributed by atoms with Crippen LogP contribution in [-0.4, -0.2) is 112 Å². The standard InChI is InChI=1S/C20H21N5O6.C6H12O6.2K.2H/c21-20-24-16-15(18(29)25-20)12(9-22-16)6-3-10-1-4-11(5-2-10)17(28)23-13(19(30)31)7-8-14(26)27;7-1-3(9)5(11)6(12)4(10)2-8;;;;/h1-2,4-5,9,13H,3,6-8H2,(H,23,28)(H,26,27)(H,30,31)(H4,21,22,24,25,29);3,5-9,11-12H,1-2H2;;;;/q;;2*+1;2*-1/t13-;3-,5-,6-;;;;/m01..../s1. The van der Waals surface area contributed by atoms with Gasteiger partial charge >= 0.3 is 115 Å². The van der Waals surface area contributed by atoms with Crippen LogP contribution in [0.1, 0.15) is 37.2 Å². The molecule has 0 spiro atoms. The molecule has 0 bridgehead atoms. The van der Waals surface area contributed by atoms with Crippen molar-refractivity contribution in [1.82, 2.24) is 20.3 Å². The topological polar surface area (TPSA) is 309 Å². The molecule has 0 aliphatic carbocycles. The molecule has 0 saturated carbocycles. The van der Waals surface area contributed by atoms with Gasteiger partial charge in [-0.2, -0.15) is 4.98 Å². The Morgan fingerprint density at radius 2 is 1.62 bits per heavy atom. The van der Waals surface area contributed by atoms with Gasteiger partial charge in [0.1, 0.15) is 36.6 Å². The molecule has 0 saturated heterocycles. The molecule has 1 amide bonds. The molecule has 0 aliphatic rings. The zero-order chi connectivity index (χ0) is 32.3. The third-order valence-corrected chi connectivity index (χ3v) is 6.18. The first-order valence-corrected chi connectivity index (χ1v) is 12.8. The van der Waals surface area contributed by atoms with Crippen LogP contribution in [0.15, 0.2) is 35.3 Å². The van der Waals surface area contributed by atoms with Crippen LogP contribution in [0.2, 0.25) is 0 Å². The van der Waals surface area contributed by atoms with Gasteiger partial charge in [-0.25, -0.2) is 4.79 Å². The number of nitrogens with one attached hydrogen (secondary N) is 3. The fourth-order valence-corrected chi connectivity index (χ4v) is 3.79. The number of aliphatic hydroxyl groups is 5. The second kappa shape index (κ2) is 21.5. The fraction of sp³-hybridized carbons (Fsp3) is 0.385. The summed E-state index contributed by atoms with van der Waals surface area (Å²) in [6.07, 6.45) is -2.95.